The first kappa shape index (κ1) is 19.1. The molecule has 1 heterocycles. The maximum absolute atomic E-state index is 13.7. The SMILES string of the molecule is CN(C)S(=O)(=O)c1ccc2c(c1)cc(C(=O)NCc1ccccc1F)n2C. The van der Waals surface area contributed by atoms with Crippen molar-refractivity contribution >= 4 is 26.8 Å². The van der Waals surface area contributed by atoms with Gasteiger partial charge in [0, 0.05) is 44.2 Å². The van der Waals surface area contributed by atoms with Gasteiger partial charge in [0.2, 0.25) is 10.0 Å². The van der Waals surface area contributed by atoms with Gasteiger partial charge in [-0.1, -0.05) is 18.2 Å². The van der Waals surface area contributed by atoms with Gasteiger partial charge in [0.1, 0.15) is 11.5 Å². The number of hydrogen-bond acceptors (Lipinski definition) is 3. The Labute approximate surface area is 157 Å². The van der Waals surface area contributed by atoms with Crippen LogP contribution in [0.1, 0.15) is 16.1 Å². The van der Waals surface area contributed by atoms with E-state index in [1.165, 1.54) is 32.3 Å². The summed E-state index contributed by atoms with van der Waals surface area (Å²) in [6.07, 6.45) is 0. The van der Waals surface area contributed by atoms with Gasteiger partial charge in [-0.05, 0) is 30.3 Å². The van der Waals surface area contributed by atoms with E-state index in [2.05, 4.69) is 5.32 Å². The largest absolute Gasteiger partial charge is 0.347 e. The molecule has 8 heteroatoms. The minimum atomic E-state index is -3.56. The van der Waals surface area contributed by atoms with Gasteiger partial charge < -0.3 is 9.88 Å². The summed E-state index contributed by atoms with van der Waals surface area (Å²) in [5.41, 5.74) is 1.48. The van der Waals surface area contributed by atoms with E-state index in [0.29, 0.717) is 16.6 Å². The summed E-state index contributed by atoms with van der Waals surface area (Å²) < 4.78 is 41.1. The number of carbonyl (C=O) groups is 1. The van der Waals surface area contributed by atoms with E-state index in [9.17, 15) is 17.6 Å². The van der Waals surface area contributed by atoms with E-state index in [1.807, 2.05) is 0 Å². The van der Waals surface area contributed by atoms with Crippen molar-refractivity contribution < 1.29 is 17.6 Å². The molecule has 1 N–H and O–H groups in total. The highest BCUT2D eigenvalue weighted by molar-refractivity contribution is 7.89. The molecule has 0 bridgehead atoms. The van der Waals surface area contributed by atoms with Gasteiger partial charge >= 0.3 is 0 Å². The highest BCUT2D eigenvalue weighted by Gasteiger charge is 2.20. The molecule has 0 saturated carbocycles. The number of nitrogens with zero attached hydrogens (tertiary/aromatic N) is 2. The molecule has 142 valence electrons. The summed E-state index contributed by atoms with van der Waals surface area (Å²) in [5.74, 6) is -0.748. The summed E-state index contributed by atoms with van der Waals surface area (Å²) in [6.45, 7) is 0.0628. The topological polar surface area (TPSA) is 71.4 Å². The molecular weight excluding hydrogens is 369 g/mol. The van der Waals surface area contributed by atoms with Crippen LogP contribution in [0.3, 0.4) is 0 Å². The number of amides is 1. The Morgan fingerprint density at radius 3 is 2.52 bits per heavy atom. The Kier molecular flexibility index (Phi) is 5.03. The van der Waals surface area contributed by atoms with Gasteiger partial charge in [-0.2, -0.15) is 0 Å². The zero-order valence-corrected chi connectivity index (χ0v) is 16.0. The molecule has 0 aliphatic heterocycles. The van der Waals surface area contributed by atoms with E-state index in [-0.39, 0.29) is 23.2 Å². The summed E-state index contributed by atoms with van der Waals surface area (Å²) in [4.78, 5) is 12.7. The standard InChI is InChI=1S/C19H20FN3O3S/c1-22(2)27(25,26)15-8-9-17-14(10-15)11-18(23(17)3)19(24)21-12-13-6-4-5-7-16(13)20/h4-11H,12H2,1-3H3,(H,21,24). The summed E-state index contributed by atoms with van der Waals surface area (Å²) in [5, 5.41) is 3.33. The molecule has 1 amide bonds. The van der Waals surface area contributed by atoms with Crippen molar-refractivity contribution in [3.63, 3.8) is 0 Å². The Morgan fingerprint density at radius 1 is 1.15 bits per heavy atom. The van der Waals surface area contributed by atoms with Crippen molar-refractivity contribution in [3.8, 4) is 0 Å². The van der Waals surface area contributed by atoms with Gasteiger partial charge in [-0.25, -0.2) is 17.1 Å². The second kappa shape index (κ2) is 7.13. The number of aryl methyl sites for hydroxylation is 1. The van der Waals surface area contributed by atoms with E-state index in [0.717, 1.165) is 9.82 Å². The molecule has 0 saturated heterocycles. The molecule has 1 aromatic heterocycles. The zero-order valence-electron chi connectivity index (χ0n) is 15.2. The third-order valence-electron chi connectivity index (χ3n) is 4.42. The molecule has 0 fully saturated rings. The van der Waals surface area contributed by atoms with Crippen molar-refractivity contribution in [3.05, 3.63) is 65.6 Å². The number of aromatic nitrogens is 1. The molecule has 27 heavy (non-hydrogen) atoms. The number of sulfonamides is 1. The second-order valence-electron chi connectivity index (χ2n) is 6.37. The molecular formula is C19H20FN3O3S. The van der Waals surface area contributed by atoms with E-state index < -0.39 is 10.0 Å². The molecule has 0 atom stereocenters. The number of halogens is 1. The molecule has 0 aliphatic carbocycles. The number of nitrogens with one attached hydrogen (secondary N) is 1. The Bertz CT molecular complexity index is 1120. The molecule has 3 rings (SSSR count). The first-order valence-electron chi connectivity index (χ1n) is 8.25. The van der Waals surface area contributed by atoms with Crippen LogP contribution < -0.4 is 5.32 Å². The molecule has 3 aromatic rings. The normalized spacial score (nSPS) is 11.9. The first-order chi connectivity index (χ1) is 12.7. The van der Waals surface area contributed by atoms with Crippen LogP contribution >= 0.6 is 0 Å². The average Bonchev–Trinajstić information content (AvgIpc) is 2.97. The predicted molar refractivity (Wildman–Crippen MR) is 101 cm³/mol. The Balaban J connectivity index is 1.90. The van der Waals surface area contributed by atoms with Gasteiger partial charge in [-0.3, -0.25) is 4.79 Å². The maximum atomic E-state index is 13.7. The van der Waals surface area contributed by atoms with Gasteiger partial charge in [0.25, 0.3) is 5.91 Å². The molecule has 0 spiro atoms. The fourth-order valence-corrected chi connectivity index (χ4v) is 3.76. The van der Waals surface area contributed by atoms with Crippen LogP contribution in [-0.2, 0) is 23.6 Å². The van der Waals surface area contributed by atoms with Gasteiger partial charge in [-0.15, -0.1) is 0 Å². The van der Waals surface area contributed by atoms with E-state index in [4.69, 9.17) is 0 Å². The second-order valence-corrected chi connectivity index (χ2v) is 8.52. The number of hydrogen-bond donors (Lipinski definition) is 1. The fraction of sp³-hybridized carbons (Fsp3) is 0.211. The van der Waals surface area contributed by atoms with Crippen molar-refractivity contribution in [1.29, 1.82) is 0 Å². The highest BCUT2D eigenvalue weighted by atomic mass is 32.2. The van der Waals surface area contributed by atoms with E-state index in [1.54, 1.807) is 41.9 Å². The maximum Gasteiger partial charge on any atom is 0.268 e. The van der Waals surface area contributed by atoms with Crippen molar-refractivity contribution in [2.24, 2.45) is 7.05 Å². The first-order valence-corrected chi connectivity index (χ1v) is 9.69. The van der Waals surface area contributed by atoms with Crippen LogP contribution in [0.2, 0.25) is 0 Å². The predicted octanol–water partition coefficient (Wildman–Crippen LogP) is 2.50. The van der Waals surface area contributed by atoms with Crippen molar-refractivity contribution in [1.82, 2.24) is 14.2 Å². The van der Waals surface area contributed by atoms with Crippen LogP contribution in [0.25, 0.3) is 10.9 Å². The van der Waals surface area contributed by atoms with E-state index >= 15 is 0 Å². The van der Waals surface area contributed by atoms with Crippen LogP contribution in [0.5, 0.6) is 0 Å². The van der Waals surface area contributed by atoms with Crippen molar-refractivity contribution in [2.75, 3.05) is 14.1 Å². The third-order valence-corrected chi connectivity index (χ3v) is 6.23. The summed E-state index contributed by atoms with van der Waals surface area (Å²) in [6, 6.07) is 12.6. The Hall–Kier alpha value is -2.71. The van der Waals surface area contributed by atoms with Gasteiger partial charge in [0.05, 0.1) is 4.90 Å². The lowest BCUT2D eigenvalue weighted by molar-refractivity contribution is 0.0943. The molecule has 6 nitrogen and oxygen atoms in total. The summed E-state index contributed by atoms with van der Waals surface area (Å²) in [7, 11) is 1.09. The van der Waals surface area contributed by atoms with Crippen molar-refractivity contribution in [2.45, 2.75) is 11.4 Å². The number of benzene rings is 2. The monoisotopic (exact) mass is 389 g/mol. The quantitative estimate of drug-likeness (QED) is 0.729. The van der Waals surface area contributed by atoms with Crippen LogP contribution in [0.4, 0.5) is 4.39 Å². The lowest BCUT2D eigenvalue weighted by Crippen LogP contribution is -2.25. The zero-order chi connectivity index (χ0) is 19.8. The minimum absolute atomic E-state index is 0.0628. The third kappa shape index (κ3) is 3.58. The molecule has 0 aliphatic rings. The Morgan fingerprint density at radius 2 is 1.85 bits per heavy atom. The number of rotatable bonds is 5. The molecule has 0 radical (unpaired) electrons. The van der Waals surface area contributed by atoms with Crippen LogP contribution in [0, 0.1) is 5.82 Å². The van der Waals surface area contributed by atoms with Crippen LogP contribution in [0.15, 0.2) is 53.4 Å². The average molecular weight is 389 g/mol. The molecule has 2 aromatic carbocycles. The highest BCUT2D eigenvalue weighted by Crippen LogP contribution is 2.24. The smallest absolute Gasteiger partial charge is 0.268 e. The minimum Gasteiger partial charge on any atom is -0.347 e. The van der Waals surface area contributed by atoms with Crippen LogP contribution in [-0.4, -0.2) is 37.3 Å². The number of fused-ring (bicyclic) bond motifs is 1. The van der Waals surface area contributed by atoms with Gasteiger partial charge in [0.15, 0.2) is 0 Å². The lowest BCUT2D eigenvalue weighted by atomic mass is 10.2. The summed E-state index contributed by atoms with van der Waals surface area (Å²) >= 11 is 0. The fourth-order valence-electron chi connectivity index (χ4n) is 2.82. The molecule has 0 unspecified atom stereocenters. The number of carbonyl (C=O) groups excluding carboxylic acids is 1. The lowest BCUT2D eigenvalue weighted by Gasteiger charge is -2.11.